The molecule has 1 N–H and O–H groups in total. The van der Waals surface area contributed by atoms with Gasteiger partial charge in [-0.05, 0) is 40.1 Å². The first kappa shape index (κ1) is 20.2. The van der Waals surface area contributed by atoms with Gasteiger partial charge in [-0.1, -0.05) is 72.8 Å². The van der Waals surface area contributed by atoms with Crippen molar-refractivity contribution in [2.75, 3.05) is 6.54 Å². The van der Waals surface area contributed by atoms with E-state index in [4.69, 9.17) is 0 Å². The molecule has 0 unspecified atom stereocenters. The highest BCUT2D eigenvalue weighted by atomic mass is 16.4. The second kappa shape index (κ2) is 7.59. The first-order valence-corrected chi connectivity index (χ1v) is 11.2. The summed E-state index contributed by atoms with van der Waals surface area (Å²) in [4.78, 5) is 26.6. The zero-order chi connectivity index (χ0) is 23.4. The van der Waals surface area contributed by atoms with Gasteiger partial charge in [0.15, 0.2) is 0 Å². The van der Waals surface area contributed by atoms with Crippen molar-refractivity contribution in [1.29, 1.82) is 0 Å². The molecule has 34 heavy (non-hydrogen) atoms. The maximum absolute atomic E-state index is 13.3. The molecule has 1 aliphatic rings. The van der Waals surface area contributed by atoms with Crippen LogP contribution in [0.25, 0.3) is 32.9 Å². The number of carbonyl (C=O) groups is 2. The number of fused-ring (bicyclic) bond motifs is 3. The third-order valence-corrected chi connectivity index (χ3v) is 6.81. The number of hydrogen-bond donors (Lipinski definition) is 1. The van der Waals surface area contributed by atoms with Gasteiger partial charge in [-0.3, -0.25) is 9.59 Å². The number of para-hydroxylation sites is 1. The number of rotatable bonds is 4. The van der Waals surface area contributed by atoms with E-state index in [1.165, 1.54) is 4.90 Å². The van der Waals surface area contributed by atoms with Crippen LogP contribution in [0.4, 0.5) is 0 Å². The Balaban J connectivity index is 1.68. The molecule has 166 valence electrons. The van der Waals surface area contributed by atoms with Gasteiger partial charge in [0.25, 0.3) is 5.91 Å². The van der Waals surface area contributed by atoms with E-state index in [9.17, 15) is 14.7 Å². The minimum atomic E-state index is -1.03. The van der Waals surface area contributed by atoms with Crippen LogP contribution in [0.15, 0.2) is 91.0 Å². The van der Waals surface area contributed by atoms with E-state index >= 15 is 0 Å². The van der Waals surface area contributed by atoms with Crippen LogP contribution in [0.1, 0.15) is 27.5 Å². The maximum Gasteiger partial charge on any atom is 0.323 e. The number of carbonyl (C=O) groups excluding carboxylic acids is 1. The largest absolute Gasteiger partial charge is 0.480 e. The molecule has 0 aliphatic carbocycles. The van der Waals surface area contributed by atoms with Gasteiger partial charge in [0, 0.05) is 29.1 Å². The van der Waals surface area contributed by atoms with Crippen molar-refractivity contribution in [3.63, 3.8) is 0 Å². The Morgan fingerprint density at radius 3 is 2.41 bits per heavy atom. The zero-order valence-corrected chi connectivity index (χ0v) is 18.6. The van der Waals surface area contributed by atoms with Crippen molar-refractivity contribution < 1.29 is 14.7 Å². The lowest BCUT2D eigenvalue weighted by Gasteiger charge is -2.25. The zero-order valence-electron chi connectivity index (χ0n) is 18.6. The molecule has 0 radical (unpaired) electrons. The predicted molar refractivity (Wildman–Crippen MR) is 133 cm³/mol. The lowest BCUT2D eigenvalue weighted by Crippen LogP contribution is -2.34. The fourth-order valence-corrected chi connectivity index (χ4v) is 5.38. The average Bonchev–Trinajstić information content (AvgIpc) is 3.29. The van der Waals surface area contributed by atoms with Gasteiger partial charge in [-0.25, -0.2) is 0 Å². The molecule has 5 nitrogen and oxygen atoms in total. The topological polar surface area (TPSA) is 62.5 Å². The molecule has 4 aromatic carbocycles. The lowest BCUT2D eigenvalue weighted by atomic mass is 9.92. The number of aromatic nitrogens is 1. The van der Waals surface area contributed by atoms with Gasteiger partial charge >= 0.3 is 5.97 Å². The summed E-state index contributed by atoms with van der Waals surface area (Å²) in [5.74, 6) is -1.28. The summed E-state index contributed by atoms with van der Waals surface area (Å²) in [5, 5.41) is 13.0. The Morgan fingerprint density at radius 2 is 1.59 bits per heavy atom. The summed E-state index contributed by atoms with van der Waals surface area (Å²) >= 11 is 0. The highest BCUT2D eigenvalue weighted by Crippen LogP contribution is 2.46. The lowest BCUT2D eigenvalue weighted by molar-refractivity contribution is -0.138. The monoisotopic (exact) mass is 446 g/mol. The number of nitrogens with zero attached hydrogens (tertiary/aromatic N) is 2. The van der Waals surface area contributed by atoms with Crippen molar-refractivity contribution in [1.82, 2.24) is 9.47 Å². The molecule has 0 spiro atoms. The summed E-state index contributed by atoms with van der Waals surface area (Å²) in [7, 11) is 2.03. The molecule has 2 heterocycles. The van der Waals surface area contributed by atoms with Crippen LogP contribution in [0, 0.1) is 0 Å². The first-order chi connectivity index (χ1) is 16.5. The van der Waals surface area contributed by atoms with Gasteiger partial charge < -0.3 is 14.6 Å². The van der Waals surface area contributed by atoms with Gasteiger partial charge in [0.05, 0.1) is 11.7 Å². The predicted octanol–water partition coefficient (Wildman–Crippen LogP) is 5.63. The molecule has 6 rings (SSSR count). The number of hydrogen-bond acceptors (Lipinski definition) is 2. The first-order valence-electron chi connectivity index (χ1n) is 11.2. The van der Waals surface area contributed by atoms with E-state index < -0.39 is 12.0 Å². The Kier molecular flexibility index (Phi) is 4.52. The highest BCUT2D eigenvalue weighted by Gasteiger charge is 2.41. The molecule has 1 aromatic heterocycles. The number of aliphatic carboxylic acids is 1. The van der Waals surface area contributed by atoms with Crippen molar-refractivity contribution in [2.24, 2.45) is 7.05 Å². The number of carboxylic acid groups (broad SMARTS) is 1. The van der Waals surface area contributed by atoms with Crippen molar-refractivity contribution >= 4 is 33.6 Å². The number of carboxylic acids is 1. The van der Waals surface area contributed by atoms with Crippen LogP contribution in [-0.2, 0) is 11.8 Å². The van der Waals surface area contributed by atoms with E-state index in [0.717, 1.165) is 44.1 Å². The molecular weight excluding hydrogens is 424 g/mol. The molecule has 5 heteroatoms. The average molecular weight is 447 g/mol. The summed E-state index contributed by atoms with van der Waals surface area (Å²) in [6.45, 7) is -0.363. The molecule has 1 amide bonds. The molecule has 0 saturated heterocycles. The van der Waals surface area contributed by atoms with E-state index in [1.807, 2.05) is 49.5 Å². The van der Waals surface area contributed by atoms with E-state index in [-0.39, 0.29) is 12.5 Å². The van der Waals surface area contributed by atoms with Crippen LogP contribution >= 0.6 is 0 Å². The third-order valence-electron chi connectivity index (χ3n) is 6.81. The normalized spacial score (nSPS) is 15.3. The van der Waals surface area contributed by atoms with Crippen LogP contribution < -0.4 is 0 Å². The number of aryl methyl sites for hydroxylation is 1. The summed E-state index contributed by atoms with van der Waals surface area (Å²) in [6, 6.07) is 29.7. The fraction of sp³-hybridized carbons (Fsp3) is 0.103. The van der Waals surface area contributed by atoms with Crippen LogP contribution in [0.3, 0.4) is 0 Å². The quantitative estimate of drug-likeness (QED) is 0.389. The Morgan fingerprint density at radius 1 is 0.882 bits per heavy atom. The minimum Gasteiger partial charge on any atom is -0.480 e. The maximum atomic E-state index is 13.3. The van der Waals surface area contributed by atoms with Gasteiger partial charge in [0.2, 0.25) is 0 Å². The second-order valence-electron chi connectivity index (χ2n) is 8.72. The molecule has 0 saturated carbocycles. The van der Waals surface area contributed by atoms with Crippen molar-refractivity contribution in [3.05, 3.63) is 108 Å². The standard InChI is InChI=1S/C29H22N2O3/c1-30-24-13-7-6-12-23(24)26(27(30)20-15-14-18-8-2-3-9-19(18)16-20)28-21-10-4-5-11-22(21)29(34)31(28)17-25(32)33/h2-16,28H,17H2,1H3,(H,32,33)/t28-/m1/s1. The van der Waals surface area contributed by atoms with E-state index in [2.05, 4.69) is 47.0 Å². The van der Waals surface area contributed by atoms with Crippen LogP contribution in [-0.4, -0.2) is 33.0 Å². The molecule has 0 fully saturated rings. The summed E-state index contributed by atoms with van der Waals surface area (Å²) in [5.41, 5.74) is 5.40. The van der Waals surface area contributed by atoms with E-state index in [1.54, 1.807) is 6.07 Å². The second-order valence-corrected chi connectivity index (χ2v) is 8.72. The number of amides is 1. The Labute approximate surface area is 196 Å². The summed E-state index contributed by atoms with van der Waals surface area (Å²) < 4.78 is 2.15. The highest BCUT2D eigenvalue weighted by molar-refractivity contribution is 6.03. The Bertz CT molecular complexity index is 1610. The van der Waals surface area contributed by atoms with Gasteiger partial charge in [-0.15, -0.1) is 0 Å². The summed E-state index contributed by atoms with van der Waals surface area (Å²) in [6.07, 6.45) is 0. The van der Waals surface area contributed by atoms with Crippen LogP contribution in [0.2, 0.25) is 0 Å². The smallest absolute Gasteiger partial charge is 0.323 e. The van der Waals surface area contributed by atoms with Crippen LogP contribution in [0.5, 0.6) is 0 Å². The molecular formula is C29H22N2O3. The molecule has 0 bridgehead atoms. The van der Waals surface area contributed by atoms with Gasteiger partial charge in [-0.2, -0.15) is 0 Å². The number of benzene rings is 4. The van der Waals surface area contributed by atoms with E-state index in [0.29, 0.717) is 5.56 Å². The Hall–Kier alpha value is -4.38. The third kappa shape index (κ3) is 2.94. The van der Waals surface area contributed by atoms with Gasteiger partial charge in [0.1, 0.15) is 6.54 Å². The molecule has 1 aliphatic heterocycles. The molecule has 5 aromatic rings. The van der Waals surface area contributed by atoms with Crippen molar-refractivity contribution in [3.8, 4) is 11.3 Å². The SMILES string of the molecule is Cn1c(-c2ccc3ccccc3c2)c([C@H]2c3ccccc3C(=O)N2CC(=O)O)c2ccccc21. The minimum absolute atomic E-state index is 0.250. The fourth-order valence-electron chi connectivity index (χ4n) is 5.38. The molecule has 1 atom stereocenters. The van der Waals surface area contributed by atoms with Crippen molar-refractivity contribution in [2.45, 2.75) is 6.04 Å².